The van der Waals surface area contributed by atoms with Gasteiger partial charge in [-0.15, -0.1) is 12.6 Å². The van der Waals surface area contributed by atoms with Crippen molar-refractivity contribution < 1.29 is 9.53 Å². The van der Waals surface area contributed by atoms with Crippen molar-refractivity contribution in [1.29, 1.82) is 0 Å². The van der Waals surface area contributed by atoms with Crippen molar-refractivity contribution in [1.82, 2.24) is 5.32 Å². The highest BCUT2D eigenvalue weighted by Gasteiger charge is 2.16. The Morgan fingerprint density at radius 2 is 1.95 bits per heavy atom. The number of benzene rings is 1. The Kier molecular flexibility index (Phi) is 4.74. The van der Waals surface area contributed by atoms with E-state index in [1.54, 1.807) is 0 Å². The Bertz CT molecular complexity index is 493. The van der Waals surface area contributed by atoms with Crippen molar-refractivity contribution in [2.75, 3.05) is 5.73 Å². The van der Waals surface area contributed by atoms with Crippen LogP contribution in [0.2, 0.25) is 0 Å². The van der Waals surface area contributed by atoms with Gasteiger partial charge in [0, 0.05) is 17.1 Å². The number of ether oxygens (including phenoxy) is 1. The van der Waals surface area contributed by atoms with Crippen molar-refractivity contribution in [3.8, 4) is 0 Å². The SMILES string of the molecule is Cc1c(S)cc(CNC(=O)OC(C)(C)C)c(C)c1N. The molecule has 19 heavy (non-hydrogen) atoms. The van der Waals surface area contributed by atoms with Gasteiger partial charge in [-0.25, -0.2) is 4.79 Å². The third kappa shape index (κ3) is 4.35. The van der Waals surface area contributed by atoms with Gasteiger partial charge in [-0.05, 0) is 57.4 Å². The molecule has 0 saturated heterocycles. The monoisotopic (exact) mass is 282 g/mol. The second kappa shape index (κ2) is 5.74. The van der Waals surface area contributed by atoms with Gasteiger partial charge in [0.2, 0.25) is 0 Å². The van der Waals surface area contributed by atoms with E-state index in [9.17, 15) is 4.79 Å². The summed E-state index contributed by atoms with van der Waals surface area (Å²) in [5, 5.41) is 2.72. The number of carbonyl (C=O) groups excluding carboxylic acids is 1. The summed E-state index contributed by atoms with van der Waals surface area (Å²) < 4.78 is 5.18. The first kappa shape index (κ1) is 15.7. The van der Waals surface area contributed by atoms with Crippen LogP contribution in [0.25, 0.3) is 0 Å². The molecule has 3 N–H and O–H groups in total. The fourth-order valence-electron chi connectivity index (χ4n) is 1.64. The maximum atomic E-state index is 11.6. The molecule has 0 bridgehead atoms. The van der Waals surface area contributed by atoms with Crippen molar-refractivity contribution in [3.05, 3.63) is 22.8 Å². The molecule has 0 heterocycles. The Hall–Kier alpha value is -1.36. The molecule has 0 fully saturated rings. The molecule has 0 aliphatic carbocycles. The zero-order valence-electron chi connectivity index (χ0n) is 12.1. The van der Waals surface area contributed by atoms with Gasteiger partial charge in [-0.1, -0.05) is 0 Å². The number of alkyl carbamates (subject to hydrolysis) is 1. The molecule has 0 radical (unpaired) electrons. The normalized spacial score (nSPS) is 11.3. The van der Waals surface area contributed by atoms with Crippen LogP contribution in [0.4, 0.5) is 10.5 Å². The number of thiol groups is 1. The van der Waals surface area contributed by atoms with Crippen LogP contribution in [0.5, 0.6) is 0 Å². The molecule has 0 unspecified atom stereocenters. The quantitative estimate of drug-likeness (QED) is 0.576. The number of nitrogen functional groups attached to an aromatic ring is 1. The summed E-state index contributed by atoms with van der Waals surface area (Å²) in [6.07, 6.45) is -0.438. The molecule has 0 atom stereocenters. The Morgan fingerprint density at radius 1 is 1.37 bits per heavy atom. The van der Waals surface area contributed by atoms with E-state index in [0.29, 0.717) is 12.2 Å². The van der Waals surface area contributed by atoms with E-state index in [1.165, 1.54) is 0 Å². The number of rotatable bonds is 2. The van der Waals surface area contributed by atoms with Crippen molar-refractivity contribution in [2.24, 2.45) is 0 Å². The lowest BCUT2D eigenvalue weighted by Gasteiger charge is -2.20. The van der Waals surface area contributed by atoms with E-state index in [4.69, 9.17) is 10.5 Å². The van der Waals surface area contributed by atoms with Crippen molar-refractivity contribution in [3.63, 3.8) is 0 Å². The number of hydrogen-bond donors (Lipinski definition) is 3. The van der Waals surface area contributed by atoms with Crippen LogP contribution in [0.3, 0.4) is 0 Å². The van der Waals surface area contributed by atoms with Crippen LogP contribution < -0.4 is 11.1 Å². The van der Waals surface area contributed by atoms with E-state index < -0.39 is 11.7 Å². The first-order valence-electron chi connectivity index (χ1n) is 6.16. The van der Waals surface area contributed by atoms with Crippen LogP contribution in [0.15, 0.2) is 11.0 Å². The van der Waals surface area contributed by atoms with Crippen LogP contribution in [-0.2, 0) is 11.3 Å². The van der Waals surface area contributed by atoms with Crippen molar-refractivity contribution in [2.45, 2.75) is 51.7 Å². The summed E-state index contributed by atoms with van der Waals surface area (Å²) in [6, 6.07) is 1.92. The van der Waals surface area contributed by atoms with Crippen LogP contribution in [0.1, 0.15) is 37.5 Å². The highest BCUT2D eigenvalue weighted by Crippen LogP contribution is 2.26. The van der Waals surface area contributed by atoms with Gasteiger partial charge >= 0.3 is 6.09 Å². The molecule has 5 heteroatoms. The molecule has 0 spiro atoms. The van der Waals surface area contributed by atoms with Crippen LogP contribution in [0, 0.1) is 13.8 Å². The highest BCUT2D eigenvalue weighted by molar-refractivity contribution is 7.80. The summed E-state index contributed by atoms with van der Waals surface area (Å²) in [4.78, 5) is 12.4. The summed E-state index contributed by atoms with van der Waals surface area (Å²) in [7, 11) is 0. The molecule has 1 amide bonds. The molecule has 4 nitrogen and oxygen atoms in total. The highest BCUT2D eigenvalue weighted by atomic mass is 32.1. The molecular weight excluding hydrogens is 260 g/mol. The van der Waals surface area contributed by atoms with Gasteiger partial charge in [-0.3, -0.25) is 0 Å². The van der Waals surface area contributed by atoms with E-state index in [1.807, 2.05) is 40.7 Å². The Labute approximate surface area is 120 Å². The van der Waals surface area contributed by atoms with Crippen LogP contribution >= 0.6 is 12.6 Å². The summed E-state index contributed by atoms with van der Waals surface area (Å²) in [5.74, 6) is 0. The van der Waals surface area contributed by atoms with Gasteiger partial charge in [0.05, 0.1) is 0 Å². The fourth-order valence-corrected chi connectivity index (χ4v) is 1.92. The molecule has 0 aliphatic heterocycles. The first-order chi connectivity index (χ1) is 8.61. The van der Waals surface area contributed by atoms with E-state index in [-0.39, 0.29) is 0 Å². The molecular formula is C14H22N2O2S. The lowest BCUT2D eigenvalue weighted by atomic mass is 10.0. The van der Waals surface area contributed by atoms with Crippen molar-refractivity contribution >= 4 is 24.4 Å². The minimum Gasteiger partial charge on any atom is -0.444 e. The average molecular weight is 282 g/mol. The average Bonchev–Trinajstić information content (AvgIpc) is 2.27. The molecule has 0 saturated carbocycles. The molecule has 1 rings (SSSR count). The number of amides is 1. The topological polar surface area (TPSA) is 64.3 Å². The van der Waals surface area contributed by atoms with Gasteiger partial charge < -0.3 is 15.8 Å². The van der Waals surface area contributed by atoms with E-state index in [2.05, 4.69) is 17.9 Å². The zero-order chi connectivity index (χ0) is 14.8. The van der Waals surface area contributed by atoms with Gasteiger partial charge in [0.15, 0.2) is 0 Å². The first-order valence-corrected chi connectivity index (χ1v) is 6.61. The molecule has 1 aromatic rings. The largest absolute Gasteiger partial charge is 0.444 e. The minimum absolute atomic E-state index is 0.374. The van der Waals surface area contributed by atoms with Gasteiger partial charge in [0.25, 0.3) is 0 Å². The number of anilines is 1. The number of nitrogens with one attached hydrogen (secondary N) is 1. The smallest absolute Gasteiger partial charge is 0.407 e. The summed E-state index contributed by atoms with van der Waals surface area (Å²) in [5.41, 5.74) is 9.08. The molecule has 0 aromatic heterocycles. The van der Waals surface area contributed by atoms with Gasteiger partial charge in [0.1, 0.15) is 5.60 Å². The second-order valence-electron chi connectivity index (χ2n) is 5.57. The standard InChI is InChI=1S/C14H22N2O2S/c1-8-10(6-11(19)9(2)12(8)15)7-16-13(17)18-14(3,4)5/h6,19H,7,15H2,1-5H3,(H,16,17). The van der Waals surface area contributed by atoms with Gasteiger partial charge in [-0.2, -0.15) is 0 Å². The minimum atomic E-state index is -0.500. The van der Waals surface area contributed by atoms with E-state index >= 15 is 0 Å². The third-order valence-corrected chi connectivity index (χ3v) is 3.27. The maximum absolute atomic E-state index is 11.6. The Balaban J connectivity index is 2.77. The molecule has 0 aliphatic rings. The Morgan fingerprint density at radius 3 is 2.47 bits per heavy atom. The number of carbonyl (C=O) groups is 1. The lowest BCUT2D eigenvalue weighted by Crippen LogP contribution is -2.32. The molecule has 106 valence electrons. The summed E-state index contributed by atoms with van der Waals surface area (Å²) in [6.45, 7) is 9.71. The maximum Gasteiger partial charge on any atom is 0.407 e. The lowest BCUT2D eigenvalue weighted by molar-refractivity contribution is 0.0523. The third-order valence-electron chi connectivity index (χ3n) is 2.81. The zero-order valence-corrected chi connectivity index (χ0v) is 13.0. The number of nitrogens with two attached hydrogens (primary N) is 1. The fraction of sp³-hybridized carbons (Fsp3) is 0.500. The van der Waals surface area contributed by atoms with Crippen LogP contribution in [-0.4, -0.2) is 11.7 Å². The predicted molar refractivity (Wildman–Crippen MR) is 80.7 cm³/mol. The van der Waals surface area contributed by atoms with E-state index in [0.717, 1.165) is 21.6 Å². The summed E-state index contributed by atoms with van der Waals surface area (Å²) >= 11 is 4.37. The molecule has 1 aromatic carbocycles. The predicted octanol–water partition coefficient (Wildman–Crippen LogP) is 3.20. The number of hydrogen-bond acceptors (Lipinski definition) is 4. The second-order valence-corrected chi connectivity index (χ2v) is 6.06.